The standard InChI is InChI=1S/C13H14FN5O/c1-8-7-10(12(15)18-20)17-13(16-8)19(2)11-6-4-3-5-9(11)14/h3-7,20H,1-2H3,(H2,15,18). The number of nitrogens with zero attached hydrogens (tertiary/aromatic N) is 4. The van der Waals surface area contributed by atoms with Crippen LogP contribution >= 0.6 is 0 Å². The number of benzene rings is 1. The van der Waals surface area contributed by atoms with E-state index in [-0.39, 0.29) is 23.3 Å². The van der Waals surface area contributed by atoms with Gasteiger partial charge >= 0.3 is 0 Å². The molecule has 20 heavy (non-hydrogen) atoms. The molecule has 0 amide bonds. The second kappa shape index (κ2) is 5.52. The number of anilines is 2. The van der Waals surface area contributed by atoms with Crippen LogP contribution in [0.2, 0.25) is 0 Å². The number of para-hydroxylation sites is 1. The predicted octanol–water partition coefficient (Wildman–Crippen LogP) is 1.79. The average Bonchev–Trinajstić information content (AvgIpc) is 2.45. The van der Waals surface area contributed by atoms with Gasteiger partial charge in [0.2, 0.25) is 5.95 Å². The molecule has 0 radical (unpaired) electrons. The summed E-state index contributed by atoms with van der Waals surface area (Å²) in [6, 6.07) is 7.87. The van der Waals surface area contributed by atoms with Gasteiger partial charge in [-0.3, -0.25) is 0 Å². The van der Waals surface area contributed by atoms with E-state index >= 15 is 0 Å². The summed E-state index contributed by atoms with van der Waals surface area (Å²) in [6.07, 6.45) is 0. The average molecular weight is 275 g/mol. The van der Waals surface area contributed by atoms with Gasteiger partial charge in [-0.05, 0) is 25.1 Å². The zero-order valence-electron chi connectivity index (χ0n) is 11.1. The van der Waals surface area contributed by atoms with Crippen molar-refractivity contribution >= 4 is 17.5 Å². The van der Waals surface area contributed by atoms with Gasteiger partial charge in [-0.2, -0.15) is 0 Å². The minimum atomic E-state index is -0.384. The quantitative estimate of drug-likeness (QED) is 0.386. The van der Waals surface area contributed by atoms with E-state index in [1.807, 2.05) is 0 Å². The molecule has 104 valence electrons. The zero-order valence-corrected chi connectivity index (χ0v) is 11.1. The maximum absolute atomic E-state index is 13.8. The summed E-state index contributed by atoms with van der Waals surface area (Å²) in [7, 11) is 1.64. The Morgan fingerprint density at radius 2 is 2.05 bits per heavy atom. The minimum Gasteiger partial charge on any atom is -0.409 e. The molecule has 1 aromatic carbocycles. The molecule has 0 fully saturated rings. The smallest absolute Gasteiger partial charge is 0.230 e. The van der Waals surface area contributed by atoms with Gasteiger partial charge in [0.25, 0.3) is 0 Å². The topological polar surface area (TPSA) is 87.6 Å². The number of nitrogens with two attached hydrogens (primary N) is 1. The molecular formula is C13H14FN5O. The van der Waals surface area contributed by atoms with E-state index in [0.717, 1.165) is 0 Å². The Bertz CT molecular complexity index is 659. The predicted molar refractivity (Wildman–Crippen MR) is 73.7 cm³/mol. The van der Waals surface area contributed by atoms with Gasteiger partial charge in [0.1, 0.15) is 11.5 Å². The third-order valence-corrected chi connectivity index (χ3v) is 2.73. The van der Waals surface area contributed by atoms with Crippen LogP contribution < -0.4 is 10.6 Å². The van der Waals surface area contributed by atoms with Crippen LogP contribution in [0.15, 0.2) is 35.5 Å². The van der Waals surface area contributed by atoms with Crippen molar-refractivity contribution in [3.05, 3.63) is 47.5 Å². The first-order chi connectivity index (χ1) is 9.52. The van der Waals surface area contributed by atoms with E-state index in [2.05, 4.69) is 15.1 Å². The summed E-state index contributed by atoms with van der Waals surface area (Å²) in [6.45, 7) is 1.74. The first-order valence-electron chi connectivity index (χ1n) is 5.84. The fourth-order valence-corrected chi connectivity index (χ4v) is 1.72. The van der Waals surface area contributed by atoms with Crippen LogP contribution in [0, 0.1) is 12.7 Å². The van der Waals surface area contributed by atoms with E-state index in [1.54, 1.807) is 38.2 Å². The molecule has 0 aliphatic heterocycles. The Morgan fingerprint density at radius 1 is 1.35 bits per heavy atom. The van der Waals surface area contributed by atoms with Crippen molar-refractivity contribution in [3.8, 4) is 0 Å². The van der Waals surface area contributed by atoms with Gasteiger partial charge in [0.15, 0.2) is 5.84 Å². The highest BCUT2D eigenvalue weighted by atomic mass is 19.1. The monoisotopic (exact) mass is 275 g/mol. The van der Waals surface area contributed by atoms with Crippen molar-refractivity contribution in [3.63, 3.8) is 0 Å². The molecule has 0 saturated carbocycles. The van der Waals surface area contributed by atoms with E-state index < -0.39 is 0 Å². The van der Waals surface area contributed by atoms with Crippen LogP contribution in [0.4, 0.5) is 16.0 Å². The summed E-state index contributed by atoms with van der Waals surface area (Å²) >= 11 is 0. The maximum Gasteiger partial charge on any atom is 0.230 e. The Morgan fingerprint density at radius 3 is 2.70 bits per heavy atom. The lowest BCUT2D eigenvalue weighted by atomic mass is 10.3. The Labute approximate surface area is 115 Å². The van der Waals surface area contributed by atoms with Crippen molar-refractivity contribution in [1.82, 2.24) is 9.97 Å². The lowest BCUT2D eigenvalue weighted by Gasteiger charge is -2.18. The molecule has 1 heterocycles. The van der Waals surface area contributed by atoms with Crippen molar-refractivity contribution in [2.24, 2.45) is 10.9 Å². The molecule has 0 aliphatic carbocycles. The fourth-order valence-electron chi connectivity index (χ4n) is 1.72. The second-order valence-electron chi connectivity index (χ2n) is 4.19. The van der Waals surface area contributed by atoms with Gasteiger partial charge in [-0.15, -0.1) is 0 Å². The number of rotatable bonds is 3. The lowest BCUT2D eigenvalue weighted by Crippen LogP contribution is -2.20. The first kappa shape index (κ1) is 13.7. The molecule has 0 spiro atoms. The molecular weight excluding hydrogens is 261 g/mol. The molecule has 3 N–H and O–H groups in total. The van der Waals surface area contributed by atoms with Gasteiger partial charge in [-0.25, -0.2) is 14.4 Å². The van der Waals surface area contributed by atoms with Crippen molar-refractivity contribution in [2.75, 3.05) is 11.9 Å². The molecule has 2 aromatic rings. The van der Waals surface area contributed by atoms with Gasteiger partial charge in [-0.1, -0.05) is 17.3 Å². The lowest BCUT2D eigenvalue weighted by molar-refractivity contribution is 0.318. The van der Waals surface area contributed by atoms with Gasteiger partial charge in [0.05, 0.1) is 5.69 Å². The number of aromatic nitrogens is 2. The highest BCUT2D eigenvalue weighted by Crippen LogP contribution is 2.23. The molecule has 0 aliphatic rings. The summed E-state index contributed by atoms with van der Waals surface area (Å²) in [4.78, 5) is 9.87. The molecule has 6 nitrogen and oxygen atoms in total. The number of hydrogen-bond donors (Lipinski definition) is 2. The summed E-state index contributed by atoms with van der Waals surface area (Å²) in [5, 5.41) is 11.6. The van der Waals surface area contributed by atoms with Gasteiger partial charge < -0.3 is 15.8 Å². The number of halogens is 1. The normalized spacial score (nSPS) is 11.4. The van der Waals surface area contributed by atoms with Crippen molar-refractivity contribution < 1.29 is 9.60 Å². The second-order valence-corrected chi connectivity index (χ2v) is 4.19. The SMILES string of the molecule is Cc1cc(/C(N)=N/O)nc(N(C)c2ccccc2F)n1. The third kappa shape index (κ3) is 2.66. The summed E-state index contributed by atoms with van der Waals surface area (Å²) in [5.74, 6) is -0.249. The van der Waals surface area contributed by atoms with Crippen LogP contribution in [0.25, 0.3) is 0 Å². The van der Waals surface area contributed by atoms with Crippen LogP contribution in [-0.4, -0.2) is 28.1 Å². The Kier molecular flexibility index (Phi) is 3.79. The third-order valence-electron chi connectivity index (χ3n) is 2.73. The number of aryl methyl sites for hydroxylation is 1. The molecule has 0 bridgehead atoms. The van der Waals surface area contributed by atoms with E-state index in [4.69, 9.17) is 10.9 Å². The van der Waals surface area contributed by atoms with Crippen molar-refractivity contribution in [2.45, 2.75) is 6.92 Å². The molecule has 1 aromatic heterocycles. The molecule has 7 heteroatoms. The summed E-state index contributed by atoms with van der Waals surface area (Å²) < 4.78 is 13.8. The summed E-state index contributed by atoms with van der Waals surface area (Å²) in [5.41, 5.74) is 6.76. The Balaban J connectivity index is 2.48. The number of hydrogen-bond acceptors (Lipinski definition) is 5. The highest BCUT2D eigenvalue weighted by Gasteiger charge is 2.14. The largest absolute Gasteiger partial charge is 0.409 e. The number of amidine groups is 1. The van der Waals surface area contributed by atoms with E-state index in [1.165, 1.54) is 11.0 Å². The van der Waals surface area contributed by atoms with Crippen LogP contribution in [0.3, 0.4) is 0 Å². The zero-order chi connectivity index (χ0) is 14.7. The molecule has 2 rings (SSSR count). The highest BCUT2D eigenvalue weighted by molar-refractivity contribution is 5.95. The molecule has 0 saturated heterocycles. The fraction of sp³-hybridized carbons (Fsp3) is 0.154. The minimum absolute atomic E-state index is 0.126. The van der Waals surface area contributed by atoms with Crippen LogP contribution in [-0.2, 0) is 0 Å². The maximum atomic E-state index is 13.8. The molecule has 0 unspecified atom stereocenters. The Hall–Kier alpha value is -2.70. The van der Waals surface area contributed by atoms with E-state index in [9.17, 15) is 4.39 Å². The molecule has 0 atom stereocenters. The van der Waals surface area contributed by atoms with Gasteiger partial charge in [0, 0.05) is 12.7 Å². The first-order valence-corrected chi connectivity index (χ1v) is 5.84. The van der Waals surface area contributed by atoms with Crippen molar-refractivity contribution in [1.29, 1.82) is 0 Å². The number of oxime groups is 1. The van der Waals surface area contributed by atoms with Crippen LogP contribution in [0.5, 0.6) is 0 Å². The van der Waals surface area contributed by atoms with Crippen LogP contribution in [0.1, 0.15) is 11.4 Å². The van der Waals surface area contributed by atoms with E-state index in [0.29, 0.717) is 11.4 Å².